The van der Waals surface area contributed by atoms with Crippen molar-refractivity contribution in [3.63, 3.8) is 0 Å². The van der Waals surface area contributed by atoms with Crippen LogP contribution in [0.3, 0.4) is 0 Å². The van der Waals surface area contributed by atoms with Gasteiger partial charge in [-0.25, -0.2) is 18.7 Å². The Labute approximate surface area is 254 Å². The van der Waals surface area contributed by atoms with Crippen LogP contribution in [0, 0.1) is 17.6 Å². The van der Waals surface area contributed by atoms with Crippen LogP contribution in [0.1, 0.15) is 19.3 Å². The average molecular weight is 624 g/mol. The van der Waals surface area contributed by atoms with E-state index in [1.54, 1.807) is 30.3 Å². The lowest BCUT2D eigenvalue weighted by atomic mass is 9.94. The molecule has 5 rings (SSSR count). The molecule has 0 atom stereocenters. The Morgan fingerprint density at radius 2 is 1.73 bits per heavy atom. The summed E-state index contributed by atoms with van der Waals surface area (Å²) in [7, 11) is -2.21. The SMILES string of the molecule is CN1CCC(CCOc2ccc(-c3cc(Nc4ccc(N(OC=O)S(=O)(=O)c5ccc(F)cc5)cc4)ncn3)cc2F)CC1. The number of piperidine rings is 1. The van der Waals surface area contributed by atoms with E-state index in [1.807, 2.05) is 0 Å². The maximum absolute atomic E-state index is 14.9. The number of anilines is 3. The molecule has 1 N–H and O–H groups in total. The maximum atomic E-state index is 14.9. The second kappa shape index (κ2) is 13.8. The normalized spacial score (nSPS) is 14.2. The van der Waals surface area contributed by atoms with Crippen LogP contribution in [0.5, 0.6) is 5.75 Å². The molecule has 44 heavy (non-hydrogen) atoms. The quantitative estimate of drug-likeness (QED) is 0.160. The van der Waals surface area contributed by atoms with E-state index in [4.69, 9.17) is 9.57 Å². The molecule has 0 amide bonds. The second-order valence-corrected chi connectivity index (χ2v) is 12.1. The highest BCUT2D eigenvalue weighted by molar-refractivity contribution is 7.92. The van der Waals surface area contributed by atoms with Crippen LogP contribution in [0.2, 0.25) is 0 Å². The zero-order valence-electron chi connectivity index (χ0n) is 23.9. The molecule has 4 aromatic rings. The van der Waals surface area contributed by atoms with Gasteiger partial charge >= 0.3 is 6.47 Å². The van der Waals surface area contributed by atoms with Gasteiger partial charge in [-0.2, -0.15) is 8.42 Å². The molecule has 13 heteroatoms. The number of ether oxygens (including phenoxy) is 1. The predicted octanol–water partition coefficient (Wildman–Crippen LogP) is 5.56. The molecule has 0 spiro atoms. The number of benzene rings is 3. The van der Waals surface area contributed by atoms with Gasteiger partial charge in [-0.15, -0.1) is 0 Å². The summed E-state index contributed by atoms with van der Waals surface area (Å²) in [6, 6.07) is 16.4. The number of sulfonamides is 1. The summed E-state index contributed by atoms with van der Waals surface area (Å²) < 4.78 is 60.4. The van der Waals surface area contributed by atoms with Crippen molar-refractivity contribution in [2.75, 3.05) is 36.5 Å². The highest BCUT2D eigenvalue weighted by Crippen LogP contribution is 2.29. The molecule has 230 valence electrons. The van der Waals surface area contributed by atoms with Gasteiger partial charge in [-0.1, -0.05) is 4.47 Å². The molecule has 0 radical (unpaired) electrons. The number of hydrogen-bond acceptors (Lipinski definition) is 9. The number of carbonyl (C=O) groups excluding carboxylic acids is 1. The molecule has 2 heterocycles. The van der Waals surface area contributed by atoms with Crippen molar-refractivity contribution in [3.05, 3.63) is 90.8 Å². The predicted molar refractivity (Wildman–Crippen MR) is 161 cm³/mol. The molecule has 1 aliphatic rings. The van der Waals surface area contributed by atoms with Crippen molar-refractivity contribution in [2.45, 2.75) is 24.2 Å². The van der Waals surface area contributed by atoms with Gasteiger partial charge in [0.25, 0.3) is 10.0 Å². The summed E-state index contributed by atoms with van der Waals surface area (Å²) in [5.41, 5.74) is 1.58. The molecule has 1 fully saturated rings. The smallest absolute Gasteiger partial charge is 0.322 e. The van der Waals surface area contributed by atoms with E-state index in [9.17, 15) is 22.0 Å². The lowest BCUT2D eigenvalue weighted by Gasteiger charge is -2.28. The average Bonchev–Trinajstić information content (AvgIpc) is 3.02. The van der Waals surface area contributed by atoms with Gasteiger partial charge in [-0.05, 0) is 112 Å². The Kier molecular flexibility index (Phi) is 9.65. The lowest BCUT2D eigenvalue weighted by molar-refractivity contribution is -0.128. The highest BCUT2D eigenvalue weighted by Gasteiger charge is 2.27. The van der Waals surface area contributed by atoms with Crippen LogP contribution in [-0.4, -0.2) is 56.5 Å². The van der Waals surface area contributed by atoms with E-state index in [-0.39, 0.29) is 22.8 Å². The standard InChI is InChI=1S/C31H31F2N5O5S/c1-37-15-12-22(13-16-37)14-17-42-30-11-2-23(18-28(30)33)29-19-31(35-20-34-29)36-25-5-7-26(8-6-25)38(43-21-39)44(40,41)27-9-3-24(32)4-10-27/h2-11,18-22H,12-17H2,1H3,(H,34,35,36). The van der Waals surface area contributed by atoms with Crippen LogP contribution in [-0.2, 0) is 19.7 Å². The van der Waals surface area contributed by atoms with Gasteiger partial charge in [0.15, 0.2) is 11.6 Å². The summed E-state index contributed by atoms with van der Waals surface area (Å²) >= 11 is 0. The van der Waals surface area contributed by atoms with Crippen molar-refractivity contribution in [1.82, 2.24) is 14.9 Å². The first kappa shape index (κ1) is 30.8. The van der Waals surface area contributed by atoms with Crippen molar-refractivity contribution >= 4 is 33.7 Å². The lowest BCUT2D eigenvalue weighted by Crippen LogP contribution is -2.30. The largest absolute Gasteiger partial charge is 0.491 e. The Morgan fingerprint density at radius 3 is 2.41 bits per heavy atom. The fourth-order valence-electron chi connectivity index (χ4n) is 4.86. The number of likely N-dealkylation sites (tertiary alicyclic amines) is 1. The number of nitrogens with zero attached hydrogens (tertiary/aromatic N) is 4. The van der Waals surface area contributed by atoms with Crippen molar-refractivity contribution in [1.29, 1.82) is 0 Å². The van der Waals surface area contributed by atoms with Crippen molar-refractivity contribution in [2.24, 2.45) is 5.92 Å². The molecular weight excluding hydrogens is 592 g/mol. The summed E-state index contributed by atoms with van der Waals surface area (Å²) in [5, 5.41) is 3.08. The third kappa shape index (κ3) is 7.47. The minimum Gasteiger partial charge on any atom is -0.491 e. The van der Waals surface area contributed by atoms with E-state index < -0.39 is 21.7 Å². The van der Waals surface area contributed by atoms with E-state index in [2.05, 4.69) is 27.2 Å². The van der Waals surface area contributed by atoms with Crippen LogP contribution < -0.4 is 14.5 Å². The summed E-state index contributed by atoms with van der Waals surface area (Å²) in [6.07, 6.45) is 4.48. The summed E-state index contributed by atoms with van der Waals surface area (Å²) in [4.78, 5) is 26.4. The molecular formula is C31H31F2N5O5S. The minimum atomic E-state index is -4.33. The summed E-state index contributed by atoms with van der Waals surface area (Å²) in [5.74, 6) is 0.103. The van der Waals surface area contributed by atoms with Crippen LogP contribution in [0.4, 0.5) is 26.0 Å². The Bertz CT molecular complexity index is 1680. The highest BCUT2D eigenvalue weighted by atomic mass is 32.2. The first-order chi connectivity index (χ1) is 21.2. The monoisotopic (exact) mass is 623 g/mol. The van der Waals surface area contributed by atoms with Gasteiger partial charge < -0.3 is 19.8 Å². The zero-order valence-corrected chi connectivity index (χ0v) is 24.7. The number of rotatable bonds is 12. The Hall–Kier alpha value is -4.62. The van der Waals surface area contributed by atoms with Crippen LogP contribution in [0.25, 0.3) is 11.3 Å². The fourth-order valence-corrected chi connectivity index (χ4v) is 6.08. The molecule has 1 saturated heterocycles. The fraction of sp³-hybridized carbons (Fsp3) is 0.258. The van der Waals surface area contributed by atoms with Gasteiger partial charge in [-0.3, -0.25) is 4.79 Å². The Balaban J connectivity index is 1.24. The van der Waals surface area contributed by atoms with Crippen LogP contribution in [0.15, 0.2) is 84.0 Å². The molecule has 1 aliphatic heterocycles. The molecule has 0 saturated carbocycles. The van der Waals surface area contributed by atoms with Crippen molar-refractivity contribution < 1.29 is 31.6 Å². The number of nitrogens with one attached hydrogen (secondary N) is 1. The molecule has 1 aromatic heterocycles. The third-order valence-corrected chi connectivity index (χ3v) is 8.94. The maximum Gasteiger partial charge on any atom is 0.322 e. The number of aromatic nitrogens is 2. The molecule has 10 nitrogen and oxygen atoms in total. The van der Waals surface area contributed by atoms with E-state index in [0.29, 0.717) is 39.8 Å². The molecule has 0 bridgehead atoms. The van der Waals surface area contributed by atoms with E-state index >= 15 is 0 Å². The number of halogens is 2. The molecule has 0 unspecified atom stereocenters. The molecule has 3 aromatic carbocycles. The van der Waals surface area contributed by atoms with E-state index in [0.717, 1.165) is 56.6 Å². The van der Waals surface area contributed by atoms with E-state index in [1.165, 1.54) is 24.5 Å². The first-order valence-electron chi connectivity index (χ1n) is 13.9. The van der Waals surface area contributed by atoms with Crippen LogP contribution >= 0.6 is 0 Å². The summed E-state index contributed by atoms with van der Waals surface area (Å²) in [6.45, 7) is 2.59. The number of carbonyl (C=O) groups is 1. The van der Waals surface area contributed by atoms with Gasteiger partial charge in [0, 0.05) is 17.3 Å². The molecule has 0 aliphatic carbocycles. The van der Waals surface area contributed by atoms with Gasteiger partial charge in [0.1, 0.15) is 18.0 Å². The first-order valence-corrected chi connectivity index (χ1v) is 15.4. The topological polar surface area (TPSA) is 114 Å². The third-order valence-electron chi connectivity index (χ3n) is 7.34. The van der Waals surface area contributed by atoms with Gasteiger partial charge in [0.05, 0.1) is 22.9 Å². The number of hydrogen-bond donors (Lipinski definition) is 1. The Morgan fingerprint density at radius 1 is 1.00 bits per heavy atom. The minimum absolute atomic E-state index is 0.0202. The zero-order chi connectivity index (χ0) is 31.1. The second-order valence-electron chi connectivity index (χ2n) is 10.4. The van der Waals surface area contributed by atoms with Crippen molar-refractivity contribution in [3.8, 4) is 17.0 Å². The van der Waals surface area contributed by atoms with Gasteiger partial charge in [0.2, 0.25) is 0 Å².